The Morgan fingerprint density at radius 1 is 0.935 bits per heavy atom. The Labute approximate surface area is 187 Å². The first-order chi connectivity index (χ1) is 14.8. The molecule has 0 saturated carbocycles. The molecule has 0 aliphatic carbocycles. The van der Waals surface area contributed by atoms with E-state index in [9.17, 15) is 13.2 Å². The zero-order chi connectivity index (χ0) is 22.0. The van der Waals surface area contributed by atoms with Crippen LogP contribution < -0.4 is 9.47 Å². The van der Waals surface area contributed by atoms with Gasteiger partial charge < -0.3 is 14.4 Å². The third kappa shape index (κ3) is 4.83. The van der Waals surface area contributed by atoms with E-state index in [2.05, 4.69) is 0 Å². The van der Waals surface area contributed by atoms with Crippen molar-refractivity contribution in [2.24, 2.45) is 0 Å². The molecule has 0 spiro atoms. The van der Waals surface area contributed by atoms with Gasteiger partial charge in [0.2, 0.25) is 15.9 Å². The maximum Gasteiger partial charge on any atom is 0.243 e. The van der Waals surface area contributed by atoms with Crippen LogP contribution in [0.25, 0.3) is 0 Å². The first-order valence-corrected chi connectivity index (χ1v) is 12.6. The quantitative estimate of drug-likeness (QED) is 0.636. The molecule has 2 aromatic carbocycles. The van der Waals surface area contributed by atoms with E-state index in [0.29, 0.717) is 55.8 Å². The Bertz CT molecular complexity index is 1080. The molecule has 2 heterocycles. The summed E-state index contributed by atoms with van der Waals surface area (Å²) in [5.41, 5.74) is 2.01. The molecular weight excluding hydrogens is 436 g/mol. The molecule has 0 radical (unpaired) electrons. The normalized spacial score (nSPS) is 16.9. The van der Waals surface area contributed by atoms with Gasteiger partial charge in [-0.15, -0.1) is 11.8 Å². The Balaban J connectivity index is 1.32. The predicted molar refractivity (Wildman–Crippen MR) is 119 cm³/mol. The molecule has 166 valence electrons. The van der Waals surface area contributed by atoms with Gasteiger partial charge in [-0.2, -0.15) is 4.31 Å². The van der Waals surface area contributed by atoms with Crippen molar-refractivity contribution in [2.45, 2.75) is 23.6 Å². The fourth-order valence-electron chi connectivity index (χ4n) is 3.55. The van der Waals surface area contributed by atoms with E-state index in [4.69, 9.17) is 9.47 Å². The first-order valence-electron chi connectivity index (χ1n) is 10.2. The lowest BCUT2D eigenvalue weighted by atomic mass is 10.1. The number of hydrogen-bond donors (Lipinski definition) is 0. The zero-order valence-electron chi connectivity index (χ0n) is 17.7. The molecule has 0 bridgehead atoms. The average Bonchev–Trinajstić information content (AvgIpc) is 2.79. The van der Waals surface area contributed by atoms with Crippen molar-refractivity contribution < 1.29 is 22.7 Å². The number of rotatable bonds is 5. The van der Waals surface area contributed by atoms with Crippen LogP contribution in [0.4, 0.5) is 0 Å². The van der Waals surface area contributed by atoms with E-state index >= 15 is 0 Å². The third-order valence-corrected chi connectivity index (χ3v) is 8.46. The highest BCUT2D eigenvalue weighted by atomic mass is 32.2. The van der Waals surface area contributed by atoms with Crippen molar-refractivity contribution in [1.82, 2.24) is 9.21 Å². The lowest BCUT2D eigenvalue weighted by Gasteiger charge is -2.34. The summed E-state index contributed by atoms with van der Waals surface area (Å²) in [6.07, 6.45) is 0. The summed E-state index contributed by atoms with van der Waals surface area (Å²) in [6, 6.07) is 10.9. The number of carbonyl (C=O) groups is 1. The van der Waals surface area contributed by atoms with Gasteiger partial charge in [-0.25, -0.2) is 8.42 Å². The van der Waals surface area contributed by atoms with E-state index in [1.165, 1.54) is 16.1 Å². The van der Waals surface area contributed by atoms with Crippen molar-refractivity contribution >= 4 is 27.7 Å². The molecule has 1 saturated heterocycles. The van der Waals surface area contributed by atoms with Crippen molar-refractivity contribution in [2.75, 3.05) is 45.1 Å². The molecule has 31 heavy (non-hydrogen) atoms. The highest BCUT2D eigenvalue weighted by Crippen LogP contribution is 2.34. The van der Waals surface area contributed by atoms with Gasteiger partial charge in [0, 0.05) is 31.1 Å². The Morgan fingerprint density at radius 2 is 1.65 bits per heavy atom. The number of aryl methyl sites for hydroxylation is 2. The highest BCUT2D eigenvalue weighted by molar-refractivity contribution is 8.00. The molecule has 0 unspecified atom stereocenters. The molecule has 2 aromatic rings. The second-order valence-corrected chi connectivity index (χ2v) is 10.6. The first kappa shape index (κ1) is 22.0. The van der Waals surface area contributed by atoms with Gasteiger partial charge in [-0.3, -0.25) is 4.79 Å². The van der Waals surface area contributed by atoms with E-state index in [1.807, 2.05) is 38.1 Å². The number of benzene rings is 2. The standard InChI is InChI=1S/C22H26N2O5S2/c1-16-3-5-19(13-17(16)2)31(26,27)24-9-7-23(8-10-24)22(25)15-30-18-4-6-20-21(14-18)29-12-11-28-20/h3-6,13-14H,7-12,15H2,1-2H3. The minimum absolute atomic E-state index is 0.00289. The fourth-order valence-corrected chi connectivity index (χ4v) is 5.89. The molecular formula is C22H26N2O5S2. The van der Waals surface area contributed by atoms with Crippen LogP contribution in [0.1, 0.15) is 11.1 Å². The second-order valence-electron chi connectivity index (χ2n) is 7.63. The van der Waals surface area contributed by atoms with Crippen LogP contribution in [0.15, 0.2) is 46.2 Å². The summed E-state index contributed by atoms with van der Waals surface area (Å²) >= 11 is 1.44. The topological polar surface area (TPSA) is 76.2 Å². The number of piperazine rings is 1. The SMILES string of the molecule is Cc1ccc(S(=O)(=O)N2CCN(C(=O)CSc3ccc4c(c3)OCCO4)CC2)cc1C. The Morgan fingerprint density at radius 3 is 2.35 bits per heavy atom. The predicted octanol–water partition coefficient (Wildman–Crippen LogP) is 2.70. The monoisotopic (exact) mass is 462 g/mol. The van der Waals surface area contributed by atoms with Crippen molar-refractivity contribution in [3.05, 3.63) is 47.5 Å². The lowest BCUT2D eigenvalue weighted by molar-refractivity contribution is -0.129. The molecule has 0 aromatic heterocycles. The number of carbonyl (C=O) groups excluding carboxylic acids is 1. The maximum atomic E-state index is 13.0. The molecule has 7 nitrogen and oxygen atoms in total. The van der Waals surface area contributed by atoms with Gasteiger partial charge in [0.05, 0.1) is 10.6 Å². The summed E-state index contributed by atoms with van der Waals surface area (Å²) < 4.78 is 38.5. The number of amides is 1. The van der Waals surface area contributed by atoms with Crippen LogP contribution in [-0.2, 0) is 14.8 Å². The van der Waals surface area contributed by atoms with Crippen LogP contribution in [0.5, 0.6) is 11.5 Å². The lowest BCUT2D eigenvalue weighted by Crippen LogP contribution is -2.50. The van der Waals surface area contributed by atoms with Gasteiger partial charge >= 0.3 is 0 Å². The zero-order valence-corrected chi connectivity index (χ0v) is 19.3. The van der Waals surface area contributed by atoms with Gasteiger partial charge in [0.15, 0.2) is 11.5 Å². The molecule has 9 heteroatoms. The van der Waals surface area contributed by atoms with Gasteiger partial charge in [-0.1, -0.05) is 6.07 Å². The minimum Gasteiger partial charge on any atom is -0.486 e. The number of nitrogens with zero attached hydrogens (tertiary/aromatic N) is 2. The van der Waals surface area contributed by atoms with Crippen LogP contribution in [-0.4, -0.2) is 68.7 Å². The van der Waals surface area contributed by atoms with Crippen molar-refractivity contribution in [3.8, 4) is 11.5 Å². The second kappa shape index (κ2) is 9.10. The summed E-state index contributed by atoms with van der Waals surface area (Å²) in [5.74, 6) is 1.73. The number of hydrogen-bond acceptors (Lipinski definition) is 6. The Kier molecular flexibility index (Phi) is 6.45. The highest BCUT2D eigenvalue weighted by Gasteiger charge is 2.30. The van der Waals surface area contributed by atoms with Crippen molar-refractivity contribution in [3.63, 3.8) is 0 Å². The van der Waals surface area contributed by atoms with Crippen LogP contribution in [0, 0.1) is 13.8 Å². The van der Waals surface area contributed by atoms with E-state index in [0.717, 1.165) is 21.8 Å². The third-order valence-electron chi connectivity index (χ3n) is 5.58. The molecule has 0 N–H and O–H groups in total. The molecule has 0 atom stereocenters. The van der Waals surface area contributed by atoms with Gasteiger partial charge in [-0.05, 0) is 55.3 Å². The summed E-state index contributed by atoms with van der Waals surface area (Å²) in [7, 11) is -3.55. The molecule has 1 fully saturated rings. The molecule has 2 aliphatic rings. The Hall–Kier alpha value is -2.23. The van der Waals surface area contributed by atoms with E-state index in [1.54, 1.807) is 17.0 Å². The van der Waals surface area contributed by atoms with Crippen molar-refractivity contribution in [1.29, 1.82) is 0 Å². The largest absolute Gasteiger partial charge is 0.486 e. The summed E-state index contributed by atoms with van der Waals surface area (Å²) in [6.45, 7) is 6.32. The smallest absolute Gasteiger partial charge is 0.243 e. The minimum atomic E-state index is -3.55. The maximum absolute atomic E-state index is 13.0. The fraction of sp³-hybridized carbons (Fsp3) is 0.409. The molecule has 2 aliphatic heterocycles. The average molecular weight is 463 g/mol. The summed E-state index contributed by atoms with van der Waals surface area (Å²) in [5, 5.41) is 0. The summed E-state index contributed by atoms with van der Waals surface area (Å²) in [4.78, 5) is 15.6. The van der Waals surface area contributed by atoms with Crippen LogP contribution in [0.2, 0.25) is 0 Å². The van der Waals surface area contributed by atoms with Gasteiger partial charge in [0.1, 0.15) is 13.2 Å². The van der Waals surface area contributed by atoms with Crippen LogP contribution >= 0.6 is 11.8 Å². The number of thioether (sulfide) groups is 1. The van der Waals surface area contributed by atoms with Crippen LogP contribution in [0.3, 0.4) is 0 Å². The van der Waals surface area contributed by atoms with E-state index in [-0.39, 0.29) is 5.91 Å². The molecule has 4 rings (SSSR count). The van der Waals surface area contributed by atoms with Gasteiger partial charge in [0.25, 0.3) is 0 Å². The number of fused-ring (bicyclic) bond motifs is 1. The number of sulfonamides is 1. The molecule has 1 amide bonds. The van der Waals surface area contributed by atoms with E-state index < -0.39 is 10.0 Å². The number of ether oxygens (including phenoxy) is 2.